The van der Waals surface area contributed by atoms with Crippen LogP contribution in [0.3, 0.4) is 0 Å². The van der Waals surface area contributed by atoms with Crippen LogP contribution >= 0.6 is 0 Å². The molecular formula is C14H13NO5. The van der Waals surface area contributed by atoms with Crippen LogP contribution in [-0.4, -0.2) is 37.7 Å². The summed E-state index contributed by atoms with van der Waals surface area (Å²) in [5.74, 6) is -2.54. The summed E-state index contributed by atoms with van der Waals surface area (Å²) in [5, 5.41) is 0. The van der Waals surface area contributed by atoms with Crippen molar-refractivity contribution >= 4 is 29.6 Å². The molecule has 0 spiro atoms. The highest BCUT2D eigenvalue weighted by atomic mass is 16.5. The predicted octanol–water partition coefficient (Wildman–Crippen LogP) is 1.55. The van der Waals surface area contributed by atoms with Crippen molar-refractivity contribution < 1.29 is 23.9 Å². The summed E-state index contributed by atoms with van der Waals surface area (Å²) in [6, 6.07) is 4.38. The summed E-state index contributed by atoms with van der Waals surface area (Å²) in [4.78, 5) is 39.3. The second-order valence-electron chi connectivity index (χ2n) is 4.10. The number of esters is 2. The molecule has 1 aromatic carbocycles. The highest BCUT2D eigenvalue weighted by Crippen LogP contribution is 2.28. The van der Waals surface area contributed by atoms with Gasteiger partial charge in [-0.15, -0.1) is 0 Å². The Labute approximate surface area is 115 Å². The molecule has 1 aliphatic heterocycles. The Morgan fingerprint density at radius 2 is 2.10 bits per heavy atom. The molecule has 1 atom stereocenters. The molecule has 6 nitrogen and oxygen atoms in total. The molecule has 0 radical (unpaired) electrons. The number of benzene rings is 1. The van der Waals surface area contributed by atoms with Gasteiger partial charge in [0.2, 0.25) is 0 Å². The number of hydrogen-bond acceptors (Lipinski definition) is 6. The molecule has 0 saturated heterocycles. The molecule has 0 saturated carbocycles. The van der Waals surface area contributed by atoms with Crippen LogP contribution in [-0.2, 0) is 14.3 Å². The average Bonchev–Trinajstić information content (AvgIpc) is 2.46. The lowest BCUT2D eigenvalue weighted by molar-refractivity contribution is -0.144. The van der Waals surface area contributed by atoms with E-state index in [2.05, 4.69) is 9.73 Å². The van der Waals surface area contributed by atoms with Gasteiger partial charge in [-0.2, -0.15) is 0 Å². The molecule has 0 amide bonds. The molecule has 6 heteroatoms. The van der Waals surface area contributed by atoms with Gasteiger partial charge in [-0.05, 0) is 25.1 Å². The third-order valence-corrected chi connectivity index (χ3v) is 2.87. The second kappa shape index (κ2) is 5.64. The fourth-order valence-corrected chi connectivity index (χ4v) is 1.88. The number of ketones is 1. The van der Waals surface area contributed by atoms with Gasteiger partial charge in [0.15, 0.2) is 11.7 Å². The van der Waals surface area contributed by atoms with Crippen LogP contribution in [0.25, 0.3) is 0 Å². The number of hydrogen-bond donors (Lipinski definition) is 0. The first-order valence-electron chi connectivity index (χ1n) is 6.06. The van der Waals surface area contributed by atoms with E-state index in [0.29, 0.717) is 16.8 Å². The zero-order chi connectivity index (χ0) is 14.7. The van der Waals surface area contributed by atoms with Crippen molar-refractivity contribution in [1.29, 1.82) is 0 Å². The largest absolute Gasteiger partial charge is 0.465 e. The van der Waals surface area contributed by atoms with Crippen molar-refractivity contribution in [2.45, 2.75) is 6.92 Å². The number of ether oxygens (including phenoxy) is 2. The van der Waals surface area contributed by atoms with Gasteiger partial charge in [-0.25, -0.2) is 4.79 Å². The zero-order valence-electron chi connectivity index (χ0n) is 11.1. The summed E-state index contributed by atoms with van der Waals surface area (Å²) in [5.41, 5.74) is 0.933. The highest BCUT2D eigenvalue weighted by Gasteiger charge is 2.32. The molecule has 0 aromatic heterocycles. The maximum Gasteiger partial charge on any atom is 0.337 e. The van der Waals surface area contributed by atoms with Crippen LogP contribution in [0.15, 0.2) is 23.2 Å². The van der Waals surface area contributed by atoms with E-state index in [-0.39, 0.29) is 12.4 Å². The van der Waals surface area contributed by atoms with E-state index in [9.17, 15) is 14.4 Å². The molecule has 20 heavy (non-hydrogen) atoms. The fourth-order valence-electron chi connectivity index (χ4n) is 1.88. The lowest BCUT2D eigenvalue weighted by atomic mass is 9.93. The molecule has 0 N–H and O–H groups in total. The van der Waals surface area contributed by atoms with E-state index < -0.39 is 17.9 Å². The summed E-state index contributed by atoms with van der Waals surface area (Å²) >= 11 is 0. The number of Topliss-reactive ketones (excluding diaryl/α,β-unsaturated/α-hetero) is 1. The quantitative estimate of drug-likeness (QED) is 0.617. The van der Waals surface area contributed by atoms with Gasteiger partial charge in [0.1, 0.15) is 0 Å². The summed E-state index contributed by atoms with van der Waals surface area (Å²) in [6.45, 7) is 1.86. The SMILES string of the molecule is CCOC(=O)C1C=Nc2cc(C(=O)OC)ccc2C1=O. The topological polar surface area (TPSA) is 82.0 Å². The van der Waals surface area contributed by atoms with Gasteiger partial charge in [-0.3, -0.25) is 14.6 Å². The van der Waals surface area contributed by atoms with Crippen LogP contribution in [0.4, 0.5) is 5.69 Å². The molecule has 0 bridgehead atoms. The minimum atomic E-state index is -1.02. The molecule has 1 unspecified atom stereocenters. The second-order valence-corrected chi connectivity index (χ2v) is 4.10. The van der Waals surface area contributed by atoms with Crippen molar-refractivity contribution in [3.63, 3.8) is 0 Å². The van der Waals surface area contributed by atoms with E-state index in [1.807, 2.05) is 0 Å². The van der Waals surface area contributed by atoms with E-state index >= 15 is 0 Å². The Morgan fingerprint density at radius 1 is 1.35 bits per heavy atom. The normalized spacial score (nSPS) is 16.5. The maximum atomic E-state index is 12.2. The van der Waals surface area contributed by atoms with E-state index in [0.717, 1.165) is 0 Å². The molecule has 1 aliphatic rings. The lowest BCUT2D eigenvalue weighted by Crippen LogP contribution is -2.29. The van der Waals surface area contributed by atoms with E-state index in [4.69, 9.17) is 4.74 Å². The molecule has 104 valence electrons. The highest BCUT2D eigenvalue weighted by molar-refractivity contribution is 6.22. The molecule has 2 rings (SSSR count). The molecule has 0 fully saturated rings. The van der Waals surface area contributed by atoms with Crippen LogP contribution < -0.4 is 0 Å². The third kappa shape index (κ3) is 2.45. The standard InChI is InChI=1S/C14H13NO5/c1-3-20-14(18)10-7-15-11-6-8(13(17)19-2)4-5-9(11)12(10)16/h4-7,10H,3H2,1-2H3. The number of rotatable bonds is 3. The lowest BCUT2D eigenvalue weighted by Gasteiger charge is -2.16. The molecule has 1 heterocycles. The number of aliphatic imine (C=N–C) groups is 1. The Morgan fingerprint density at radius 3 is 2.75 bits per heavy atom. The van der Waals surface area contributed by atoms with Gasteiger partial charge in [0.25, 0.3) is 0 Å². The number of carbonyl (C=O) groups excluding carboxylic acids is 3. The van der Waals surface area contributed by atoms with Crippen molar-refractivity contribution in [3.05, 3.63) is 29.3 Å². The first kappa shape index (κ1) is 13.9. The first-order valence-corrected chi connectivity index (χ1v) is 6.06. The van der Waals surface area contributed by atoms with Gasteiger partial charge < -0.3 is 9.47 Å². The van der Waals surface area contributed by atoms with Gasteiger partial charge in [-0.1, -0.05) is 0 Å². The molecule has 0 aliphatic carbocycles. The fraction of sp³-hybridized carbons (Fsp3) is 0.286. The van der Waals surface area contributed by atoms with Crippen molar-refractivity contribution in [1.82, 2.24) is 0 Å². The maximum absolute atomic E-state index is 12.2. The van der Waals surface area contributed by atoms with Crippen molar-refractivity contribution in [2.75, 3.05) is 13.7 Å². The first-order chi connectivity index (χ1) is 9.58. The Bertz CT molecular complexity index is 606. The van der Waals surface area contributed by atoms with Crippen LogP contribution in [0.5, 0.6) is 0 Å². The Hall–Kier alpha value is -2.50. The minimum absolute atomic E-state index is 0.199. The van der Waals surface area contributed by atoms with Crippen molar-refractivity contribution in [3.8, 4) is 0 Å². The van der Waals surface area contributed by atoms with Crippen LogP contribution in [0.2, 0.25) is 0 Å². The minimum Gasteiger partial charge on any atom is -0.465 e. The van der Waals surface area contributed by atoms with Crippen LogP contribution in [0, 0.1) is 5.92 Å². The number of carbonyl (C=O) groups is 3. The molecular weight excluding hydrogens is 262 g/mol. The number of nitrogens with zero attached hydrogens (tertiary/aromatic N) is 1. The Kier molecular flexibility index (Phi) is 3.93. The van der Waals surface area contributed by atoms with Crippen LogP contribution in [0.1, 0.15) is 27.6 Å². The van der Waals surface area contributed by atoms with Gasteiger partial charge in [0, 0.05) is 11.8 Å². The van der Waals surface area contributed by atoms with E-state index in [1.54, 1.807) is 6.92 Å². The van der Waals surface area contributed by atoms with E-state index in [1.165, 1.54) is 31.5 Å². The van der Waals surface area contributed by atoms with Crippen molar-refractivity contribution in [2.24, 2.45) is 10.9 Å². The monoisotopic (exact) mass is 275 g/mol. The number of methoxy groups -OCH3 is 1. The smallest absolute Gasteiger partial charge is 0.337 e. The summed E-state index contributed by atoms with van der Waals surface area (Å²) in [6.07, 6.45) is 1.24. The molecule has 1 aromatic rings. The number of fused-ring (bicyclic) bond motifs is 1. The average molecular weight is 275 g/mol. The summed E-state index contributed by atoms with van der Waals surface area (Å²) < 4.78 is 9.42. The predicted molar refractivity (Wildman–Crippen MR) is 70.4 cm³/mol. The van der Waals surface area contributed by atoms with Gasteiger partial charge in [0.05, 0.1) is 25.0 Å². The third-order valence-electron chi connectivity index (χ3n) is 2.87. The zero-order valence-corrected chi connectivity index (χ0v) is 11.1. The van der Waals surface area contributed by atoms with Gasteiger partial charge >= 0.3 is 11.9 Å². The summed E-state index contributed by atoms with van der Waals surface area (Å²) in [7, 11) is 1.27. The Balaban J connectivity index is 2.33.